The Kier molecular flexibility index (Phi) is 3.92. The molecule has 4 rings (SSSR count). The van der Waals surface area contributed by atoms with E-state index in [2.05, 4.69) is 23.2 Å². The monoisotopic (exact) mass is 323 g/mol. The second-order valence-electron chi connectivity index (χ2n) is 6.58. The fourth-order valence-corrected chi connectivity index (χ4v) is 3.71. The lowest BCUT2D eigenvalue weighted by atomic mass is 10.1. The molecule has 1 aromatic carbocycles. The van der Waals surface area contributed by atoms with Crippen molar-refractivity contribution in [1.29, 1.82) is 0 Å². The van der Waals surface area contributed by atoms with Gasteiger partial charge in [-0.15, -0.1) is 0 Å². The SMILES string of the molecule is O=C1C2CCCN2C(=O)N1CCCCc1ccc2ccccc2n1. The van der Waals surface area contributed by atoms with Crippen molar-refractivity contribution >= 4 is 22.8 Å². The van der Waals surface area contributed by atoms with Crippen LogP contribution in [0.25, 0.3) is 10.9 Å². The topological polar surface area (TPSA) is 53.5 Å². The predicted molar refractivity (Wildman–Crippen MR) is 91.5 cm³/mol. The van der Waals surface area contributed by atoms with E-state index in [9.17, 15) is 9.59 Å². The first-order valence-corrected chi connectivity index (χ1v) is 8.71. The summed E-state index contributed by atoms with van der Waals surface area (Å²) in [6, 6.07) is 12.0. The molecular formula is C19H21N3O2. The molecule has 0 bridgehead atoms. The maximum absolute atomic E-state index is 12.3. The van der Waals surface area contributed by atoms with E-state index in [1.807, 2.05) is 18.2 Å². The van der Waals surface area contributed by atoms with Gasteiger partial charge in [-0.25, -0.2) is 4.79 Å². The largest absolute Gasteiger partial charge is 0.327 e. The summed E-state index contributed by atoms with van der Waals surface area (Å²) in [5.74, 6) is 0.00123. The van der Waals surface area contributed by atoms with Crippen LogP contribution in [0.15, 0.2) is 36.4 Å². The average molecular weight is 323 g/mol. The smallest absolute Gasteiger partial charge is 0.312 e. The molecule has 1 atom stereocenters. The number of pyridine rings is 1. The molecule has 3 amide bonds. The van der Waals surface area contributed by atoms with Crippen LogP contribution in [-0.2, 0) is 11.2 Å². The molecule has 1 aromatic heterocycles. The molecule has 0 radical (unpaired) electrons. The van der Waals surface area contributed by atoms with Gasteiger partial charge in [0, 0.05) is 24.2 Å². The van der Waals surface area contributed by atoms with Crippen LogP contribution in [0.1, 0.15) is 31.4 Å². The lowest BCUT2D eigenvalue weighted by Gasteiger charge is -2.15. The molecule has 0 spiro atoms. The summed E-state index contributed by atoms with van der Waals surface area (Å²) < 4.78 is 0. The zero-order valence-electron chi connectivity index (χ0n) is 13.6. The highest BCUT2D eigenvalue weighted by atomic mass is 16.2. The van der Waals surface area contributed by atoms with E-state index in [4.69, 9.17) is 0 Å². The van der Waals surface area contributed by atoms with Crippen molar-refractivity contribution in [3.63, 3.8) is 0 Å². The molecule has 24 heavy (non-hydrogen) atoms. The molecule has 124 valence electrons. The normalized spacial score (nSPS) is 20.2. The van der Waals surface area contributed by atoms with Gasteiger partial charge in [0.15, 0.2) is 0 Å². The number of imide groups is 1. The number of hydrogen-bond acceptors (Lipinski definition) is 3. The molecule has 2 aliphatic rings. The first kappa shape index (κ1) is 15.1. The highest BCUT2D eigenvalue weighted by Gasteiger charge is 2.46. The number of rotatable bonds is 5. The first-order chi connectivity index (χ1) is 11.7. The van der Waals surface area contributed by atoms with Gasteiger partial charge in [-0.05, 0) is 44.2 Å². The van der Waals surface area contributed by atoms with Crippen LogP contribution in [0.5, 0.6) is 0 Å². The van der Waals surface area contributed by atoms with E-state index in [0.29, 0.717) is 6.54 Å². The molecule has 0 N–H and O–H groups in total. The number of carbonyl (C=O) groups is 2. The second kappa shape index (κ2) is 6.23. The lowest BCUT2D eigenvalue weighted by Crippen LogP contribution is -2.34. The van der Waals surface area contributed by atoms with Crippen molar-refractivity contribution in [1.82, 2.24) is 14.8 Å². The molecule has 2 fully saturated rings. The van der Waals surface area contributed by atoms with Crippen LogP contribution in [0.4, 0.5) is 4.79 Å². The third-order valence-electron chi connectivity index (χ3n) is 5.00. The van der Waals surface area contributed by atoms with E-state index in [1.165, 1.54) is 4.90 Å². The van der Waals surface area contributed by atoms with Crippen LogP contribution in [0.3, 0.4) is 0 Å². The number of fused-ring (bicyclic) bond motifs is 2. The molecular weight excluding hydrogens is 302 g/mol. The van der Waals surface area contributed by atoms with Crippen LogP contribution in [0, 0.1) is 0 Å². The van der Waals surface area contributed by atoms with Crippen LogP contribution in [0.2, 0.25) is 0 Å². The van der Waals surface area contributed by atoms with Crippen LogP contribution in [-0.4, -0.2) is 45.9 Å². The maximum Gasteiger partial charge on any atom is 0.327 e. The Morgan fingerprint density at radius 2 is 1.96 bits per heavy atom. The van der Waals surface area contributed by atoms with Gasteiger partial charge >= 0.3 is 6.03 Å². The Hall–Kier alpha value is -2.43. The van der Waals surface area contributed by atoms with Gasteiger partial charge in [0.2, 0.25) is 0 Å². The number of aryl methyl sites for hydroxylation is 1. The summed E-state index contributed by atoms with van der Waals surface area (Å²) in [6.45, 7) is 1.25. The van der Waals surface area contributed by atoms with Crippen LogP contribution >= 0.6 is 0 Å². The van der Waals surface area contributed by atoms with E-state index >= 15 is 0 Å². The van der Waals surface area contributed by atoms with Gasteiger partial charge in [0.05, 0.1) is 5.52 Å². The van der Waals surface area contributed by atoms with E-state index in [0.717, 1.165) is 55.2 Å². The molecule has 2 aromatic rings. The van der Waals surface area contributed by atoms with E-state index in [-0.39, 0.29) is 18.0 Å². The second-order valence-corrected chi connectivity index (χ2v) is 6.58. The number of benzene rings is 1. The summed E-state index contributed by atoms with van der Waals surface area (Å²) >= 11 is 0. The summed E-state index contributed by atoms with van der Waals surface area (Å²) in [5, 5.41) is 1.15. The highest BCUT2D eigenvalue weighted by Crippen LogP contribution is 2.27. The minimum Gasteiger partial charge on any atom is -0.312 e. The molecule has 0 saturated carbocycles. The molecule has 2 aliphatic heterocycles. The number of urea groups is 1. The predicted octanol–water partition coefficient (Wildman–Crippen LogP) is 2.98. The standard InChI is InChI=1S/C19H21N3O2/c23-18-17-9-5-13-21(17)19(24)22(18)12-4-3-7-15-11-10-14-6-1-2-8-16(14)20-15/h1-2,6,8,10-11,17H,3-5,7,9,12-13H2. The Bertz CT molecular complexity index is 767. The molecule has 1 unspecified atom stereocenters. The quantitative estimate of drug-likeness (QED) is 0.628. The molecule has 5 nitrogen and oxygen atoms in total. The first-order valence-electron chi connectivity index (χ1n) is 8.71. The van der Waals surface area contributed by atoms with Crippen molar-refractivity contribution in [2.45, 2.75) is 38.1 Å². The Morgan fingerprint density at radius 3 is 2.83 bits per heavy atom. The number of unbranched alkanes of at least 4 members (excludes halogenated alkanes) is 1. The Balaban J connectivity index is 1.31. The zero-order valence-corrected chi connectivity index (χ0v) is 13.6. The zero-order chi connectivity index (χ0) is 16.5. The van der Waals surface area contributed by atoms with Crippen molar-refractivity contribution in [2.75, 3.05) is 13.1 Å². The van der Waals surface area contributed by atoms with Gasteiger partial charge in [-0.1, -0.05) is 24.3 Å². The van der Waals surface area contributed by atoms with Crippen molar-refractivity contribution in [3.05, 3.63) is 42.1 Å². The molecule has 5 heteroatoms. The fraction of sp³-hybridized carbons (Fsp3) is 0.421. The number of nitrogens with zero attached hydrogens (tertiary/aromatic N) is 3. The maximum atomic E-state index is 12.3. The summed E-state index contributed by atoms with van der Waals surface area (Å²) in [5.41, 5.74) is 2.08. The lowest BCUT2D eigenvalue weighted by molar-refractivity contribution is -0.128. The number of carbonyl (C=O) groups excluding carboxylic acids is 2. The summed E-state index contributed by atoms with van der Waals surface area (Å²) in [6.07, 6.45) is 4.39. The van der Waals surface area contributed by atoms with Crippen LogP contribution < -0.4 is 0 Å². The van der Waals surface area contributed by atoms with Gasteiger partial charge in [-0.2, -0.15) is 0 Å². The van der Waals surface area contributed by atoms with Crippen molar-refractivity contribution in [3.8, 4) is 0 Å². The van der Waals surface area contributed by atoms with E-state index < -0.39 is 0 Å². The number of hydrogen-bond donors (Lipinski definition) is 0. The van der Waals surface area contributed by atoms with Crippen molar-refractivity contribution in [2.24, 2.45) is 0 Å². The molecule has 2 saturated heterocycles. The van der Waals surface area contributed by atoms with Gasteiger partial charge in [0.1, 0.15) is 6.04 Å². The van der Waals surface area contributed by atoms with Gasteiger partial charge < -0.3 is 4.90 Å². The summed E-state index contributed by atoms with van der Waals surface area (Å²) in [4.78, 5) is 32.3. The van der Waals surface area contributed by atoms with Crippen molar-refractivity contribution < 1.29 is 9.59 Å². The third kappa shape index (κ3) is 2.64. The summed E-state index contributed by atoms with van der Waals surface area (Å²) in [7, 11) is 0. The third-order valence-corrected chi connectivity index (χ3v) is 5.00. The van der Waals surface area contributed by atoms with Gasteiger partial charge in [-0.3, -0.25) is 14.7 Å². The number of aromatic nitrogens is 1. The molecule has 3 heterocycles. The Labute approximate surface area is 141 Å². The van der Waals surface area contributed by atoms with E-state index in [1.54, 1.807) is 4.90 Å². The number of para-hydroxylation sites is 1. The Morgan fingerprint density at radius 1 is 1.08 bits per heavy atom. The number of amides is 3. The average Bonchev–Trinajstić information content (AvgIpc) is 3.17. The highest BCUT2D eigenvalue weighted by molar-refractivity contribution is 6.04. The van der Waals surface area contributed by atoms with Gasteiger partial charge in [0.25, 0.3) is 5.91 Å². The minimum absolute atomic E-state index is 0.00123. The molecule has 0 aliphatic carbocycles. The minimum atomic E-state index is -0.181. The fourth-order valence-electron chi connectivity index (χ4n) is 3.71.